The summed E-state index contributed by atoms with van der Waals surface area (Å²) in [4.78, 5) is 0. The van der Waals surface area contributed by atoms with Crippen LogP contribution in [-0.4, -0.2) is 0 Å². The lowest BCUT2D eigenvalue weighted by Gasteiger charge is -2.32. The molecule has 18 heavy (non-hydrogen) atoms. The van der Waals surface area contributed by atoms with E-state index in [1.807, 2.05) is 0 Å². The van der Waals surface area contributed by atoms with E-state index in [1.54, 1.807) is 0 Å². The minimum Gasteiger partial charge on any atom is -0.0622 e. The molecule has 0 heterocycles. The molecule has 2 unspecified atom stereocenters. The summed E-state index contributed by atoms with van der Waals surface area (Å²) in [7, 11) is 0. The van der Waals surface area contributed by atoms with E-state index in [-0.39, 0.29) is 0 Å². The van der Waals surface area contributed by atoms with E-state index in [2.05, 4.69) is 67.1 Å². The van der Waals surface area contributed by atoms with E-state index in [0.717, 1.165) is 0 Å². The van der Waals surface area contributed by atoms with Crippen LogP contribution < -0.4 is 0 Å². The average Bonchev–Trinajstić information content (AvgIpc) is 2.49. The van der Waals surface area contributed by atoms with Crippen molar-refractivity contribution in [3.63, 3.8) is 0 Å². The van der Waals surface area contributed by atoms with Gasteiger partial charge in [0, 0.05) is 0 Å². The Bertz CT molecular complexity index is 424. The number of hydrogen-bond acceptors (Lipinski definition) is 0. The average molecular weight is 235 g/mol. The zero-order valence-electron chi connectivity index (χ0n) is 10.6. The minimum atomic E-state index is 0.586. The molecule has 2 aromatic rings. The van der Waals surface area contributed by atoms with E-state index in [0.29, 0.717) is 11.8 Å². The van der Waals surface area contributed by atoms with Crippen LogP contribution in [0.2, 0.25) is 0 Å². The van der Waals surface area contributed by atoms with E-state index < -0.39 is 0 Å². The third kappa shape index (κ3) is 2.33. The monoisotopic (exact) mass is 235 g/mol. The molecule has 1 fully saturated rings. The van der Waals surface area contributed by atoms with Crippen molar-refractivity contribution >= 4 is 0 Å². The molecule has 0 nitrogen and oxygen atoms in total. The molecule has 0 bridgehead atoms. The highest BCUT2D eigenvalue weighted by molar-refractivity contribution is 5.31. The molecule has 1 aliphatic carbocycles. The smallest absolute Gasteiger partial charge is 0.00619 e. The first-order chi connectivity index (χ1) is 8.95. The molecule has 2 aromatic carbocycles. The number of hydrogen-bond donors (Lipinski definition) is 0. The van der Waals surface area contributed by atoms with Crippen molar-refractivity contribution in [3.05, 3.63) is 78.2 Å². The fraction of sp³-hybridized carbons (Fsp3) is 0.278. The Morgan fingerprint density at radius 2 is 1.33 bits per heavy atom. The van der Waals surface area contributed by atoms with Crippen LogP contribution in [0.5, 0.6) is 0 Å². The Labute approximate surface area is 110 Å². The lowest BCUT2D eigenvalue weighted by Crippen LogP contribution is -2.16. The molecule has 1 aliphatic rings. The maximum atomic E-state index is 2.51. The standard InChI is InChI=1S/C18H19/c1-3-9-15(10-4-1)17-13-7-8-14-18(17)16-11-5-2-6-12-16/h1-6,9-13,17-18H,7-8,14H2. The van der Waals surface area contributed by atoms with Gasteiger partial charge in [0.15, 0.2) is 0 Å². The summed E-state index contributed by atoms with van der Waals surface area (Å²) in [6.45, 7) is 0. The van der Waals surface area contributed by atoms with Gasteiger partial charge >= 0.3 is 0 Å². The van der Waals surface area contributed by atoms with Crippen LogP contribution in [0.15, 0.2) is 60.7 Å². The van der Waals surface area contributed by atoms with Gasteiger partial charge in [-0.25, -0.2) is 0 Å². The lowest BCUT2D eigenvalue weighted by atomic mass is 9.72. The second-order valence-electron chi connectivity index (χ2n) is 5.12. The topological polar surface area (TPSA) is 0 Å². The molecule has 1 saturated carbocycles. The molecule has 2 atom stereocenters. The van der Waals surface area contributed by atoms with Gasteiger partial charge in [-0.3, -0.25) is 0 Å². The van der Waals surface area contributed by atoms with Crippen LogP contribution in [0.3, 0.4) is 0 Å². The summed E-state index contributed by atoms with van der Waals surface area (Å²) >= 11 is 0. The summed E-state index contributed by atoms with van der Waals surface area (Å²) < 4.78 is 0. The Morgan fingerprint density at radius 3 is 2.00 bits per heavy atom. The maximum Gasteiger partial charge on any atom is -0.00619 e. The second kappa shape index (κ2) is 5.39. The van der Waals surface area contributed by atoms with Crippen LogP contribution in [-0.2, 0) is 0 Å². The summed E-state index contributed by atoms with van der Waals surface area (Å²) in [6.07, 6.45) is 6.39. The number of benzene rings is 2. The Hall–Kier alpha value is -1.56. The van der Waals surface area contributed by atoms with Crippen LogP contribution in [0, 0.1) is 6.42 Å². The summed E-state index contributed by atoms with van der Waals surface area (Å²) in [5.41, 5.74) is 2.95. The molecule has 1 radical (unpaired) electrons. The largest absolute Gasteiger partial charge is 0.0622 e. The first-order valence-corrected chi connectivity index (χ1v) is 6.88. The zero-order chi connectivity index (χ0) is 12.2. The van der Waals surface area contributed by atoms with E-state index in [4.69, 9.17) is 0 Å². The molecule has 0 spiro atoms. The Kier molecular flexibility index (Phi) is 3.45. The van der Waals surface area contributed by atoms with Crippen LogP contribution in [0.1, 0.15) is 42.2 Å². The summed E-state index contributed by atoms with van der Waals surface area (Å²) in [5, 5.41) is 0. The van der Waals surface area contributed by atoms with Crippen molar-refractivity contribution in [1.82, 2.24) is 0 Å². The van der Waals surface area contributed by atoms with Crippen molar-refractivity contribution in [2.75, 3.05) is 0 Å². The van der Waals surface area contributed by atoms with Gasteiger partial charge < -0.3 is 0 Å². The third-order valence-electron chi connectivity index (χ3n) is 3.99. The van der Waals surface area contributed by atoms with Crippen LogP contribution in [0.25, 0.3) is 0 Å². The SMILES string of the molecule is [CH]1CCCC(c2ccccc2)C1c1ccccc1. The van der Waals surface area contributed by atoms with E-state index >= 15 is 0 Å². The molecule has 0 aliphatic heterocycles. The molecule has 0 heteroatoms. The normalized spacial score (nSPS) is 23.8. The van der Waals surface area contributed by atoms with Gasteiger partial charge in [-0.1, -0.05) is 67.1 Å². The third-order valence-corrected chi connectivity index (χ3v) is 3.99. The predicted molar refractivity (Wildman–Crippen MR) is 76.5 cm³/mol. The molecular weight excluding hydrogens is 216 g/mol. The number of rotatable bonds is 2. The molecule has 0 saturated heterocycles. The fourth-order valence-corrected chi connectivity index (χ4v) is 3.10. The van der Waals surface area contributed by atoms with Crippen molar-refractivity contribution in [2.24, 2.45) is 0 Å². The van der Waals surface area contributed by atoms with Gasteiger partial charge in [0.25, 0.3) is 0 Å². The van der Waals surface area contributed by atoms with Gasteiger partial charge in [-0.15, -0.1) is 0 Å². The molecule has 91 valence electrons. The van der Waals surface area contributed by atoms with Crippen molar-refractivity contribution in [1.29, 1.82) is 0 Å². The van der Waals surface area contributed by atoms with E-state index in [9.17, 15) is 0 Å². The van der Waals surface area contributed by atoms with Crippen molar-refractivity contribution < 1.29 is 0 Å². The quantitative estimate of drug-likeness (QED) is 0.691. The highest BCUT2D eigenvalue weighted by Crippen LogP contribution is 2.43. The highest BCUT2D eigenvalue weighted by atomic mass is 14.3. The fourth-order valence-electron chi connectivity index (χ4n) is 3.10. The maximum absolute atomic E-state index is 2.51. The Balaban J connectivity index is 1.92. The van der Waals surface area contributed by atoms with E-state index in [1.165, 1.54) is 30.4 Å². The van der Waals surface area contributed by atoms with Crippen LogP contribution in [0.4, 0.5) is 0 Å². The molecule has 3 rings (SSSR count). The van der Waals surface area contributed by atoms with Crippen molar-refractivity contribution in [2.45, 2.75) is 31.1 Å². The highest BCUT2D eigenvalue weighted by Gasteiger charge is 2.27. The summed E-state index contributed by atoms with van der Waals surface area (Å²) in [5.74, 6) is 1.24. The predicted octanol–water partition coefficient (Wildman–Crippen LogP) is 4.94. The van der Waals surface area contributed by atoms with Gasteiger partial charge in [-0.05, 0) is 42.2 Å². The van der Waals surface area contributed by atoms with Crippen LogP contribution >= 0.6 is 0 Å². The first kappa shape index (κ1) is 11.5. The molecular formula is C18H19. The first-order valence-electron chi connectivity index (χ1n) is 6.88. The van der Waals surface area contributed by atoms with Crippen molar-refractivity contribution in [3.8, 4) is 0 Å². The van der Waals surface area contributed by atoms with Gasteiger partial charge in [0.05, 0.1) is 0 Å². The second-order valence-corrected chi connectivity index (χ2v) is 5.12. The van der Waals surface area contributed by atoms with Gasteiger partial charge in [0.1, 0.15) is 0 Å². The van der Waals surface area contributed by atoms with Gasteiger partial charge in [0.2, 0.25) is 0 Å². The minimum absolute atomic E-state index is 0.586. The Morgan fingerprint density at radius 1 is 0.722 bits per heavy atom. The zero-order valence-corrected chi connectivity index (χ0v) is 10.6. The molecule has 0 amide bonds. The molecule has 0 N–H and O–H groups in total. The molecule has 0 aromatic heterocycles. The summed E-state index contributed by atoms with van der Waals surface area (Å²) in [6, 6.07) is 21.9. The van der Waals surface area contributed by atoms with Gasteiger partial charge in [-0.2, -0.15) is 0 Å². The lowest BCUT2D eigenvalue weighted by molar-refractivity contribution is 0.462.